The van der Waals surface area contributed by atoms with Gasteiger partial charge in [0.15, 0.2) is 6.61 Å². The minimum atomic E-state index is -0.0612. The van der Waals surface area contributed by atoms with Crippen LogP contribution in [0.15, 0.2) is 42.5 Å². The second-order valence-corrected chi connectivity index (χ2v) is 4.64. The number of carbonyl (C=O) groups excluding carboxylic acids is 1. The molecule has 3 rings (SSSR count). The number of nitrogens with zero attached hydrogens (tertiary/aromatic N) is 1. The van der Waals surface area contributed by atoms with Crippen LogP contribution in [-0.4, -0.2) is 19.6 Å². The van der Waals surface area contributed by atoms with Gasteiger partial charge in [0.25, 0.3) is 5.91 Å². The number of ether oxygens (including phenoxy) is 1. The van der Waals surface area contributed by atoms with E-state index in [1.165, 1.54) is 0 Å². The first-order valence-corrected chi connectivity index (χ1v) is 6.30. The number of rotatable bonds is 2. The maximum Gasteiger partial charge on any atom is 0.264 e. The number of para-hydroxylation sites is 2. The summed E-state index contributed by atoms with van der Waals surface area (Å²) in [5.41, 5.74) is 9.01. The van der Waals surface area contributed by atoms with Gasteiger partial charge in [-0.05, 0) is 30.3 Å². The highest BCUT2D eigenvalue weighted by Gasteiger charge is 2.22. The van der Waals surface area contributed by atoms with Gasteiger partial charge in [-0.1, -0.05) is 12.1 Å². The van der Waals surface area contributed by atoms with Crippen molar-refractivity contribution in [2.75, 3.05) is 29.6 Å². The highest BCUT2D eigenvalue weighted by molar-refractivity contribution is 5.98. The van der Waals surface area contributed by atoms with Crippen LogP contribution in [-0.2, 0) is 4.79 Å². The third-order valence-corrected chi connectivity index (χ3v) is 3.29. The number of fused-ring (bicyclic) bond motifs is 1. The molecule has 3 N–H and O–H groups in total. The molecule has 20 heavy (non-hydrogen) atoms. The van der Waals surface area contributed by atoms with Crippen molar-refractivity contribution in [2.24, 2.45) is 0 Å². The number of amides is 1. The molecule has 0 aliphatic carbocycles. The Hall–Kier alpha value is -2.69. The van der Waals surface area contributed by atoms with Gasteiger partial charge in [0.1, 0.15) is 5.75 Å². The van der Waals surface area contributed by atoms with Crippen LogP contribution >= 0.6 is 0 Å². The molecule has 0 saturated carbocycles. The first-order chi connectivity index (χ1) is 9.65. The standard InChI is InChI=1S/C15H15N3O2/c1-18-13-8-10(6-7-14(13)20-9-15(18)19)17-12-5-3-2-4-11(12)16/h2-8,17H,9,16H2,1H3. The number of hydrogen-bond acceptors (Lipinski definition) is 4. The van der Waals surface area contributed by atoms with Crippen LogP contribution in [0.25, 0.3) is 0 Å². The molecule has 0 fully saturated rings. The van der Waals surface area contributed by atoms with Crippen molar-refractivity contribution in [3.8, 4) is 5.75 Å². The third kappa shape index (κ3) is 2.14. The molecule has 2 aromatic rings. The average Bonchev–Trinajstić information content (AvgIpc) is 2.46. The first kappa shape index (κ1) is 12.3. The van der Waals surface area contributed by atoms with E-state index in [1.807, 2.05) is 42.5 Å². The minimum Gasteiger partial charge on any atom is -0.482 e. The van der Waals surface area contributed by atoms with Crippen LogP contribution in [0.2, 0.25) is 0 Å². The Balaban J connectivity index is 1.93. The molecule has 1 aliphatic rings. The molecule has 0 saturated heterocycles. The molecular formula is C15H15N3O2. The van der Waals surface area contributed by atoms with E-state index in [-0.39, 0.29) is 12.5 Å². The number of anilines is 4. The zero-order chi connectivity index (χ0) is 14.1. The zero-order valence-electron chi connectivity index (χ0n) is 11.1. The lowest BCUT2D eigenvalue weighted by Gasteiger charge is -2.26. The lowest BCUT2D eigenvalue weighted by atomic mass is 10.2. The van der Waals surface area contributed by atoms with Crippen LogP contribution in [0.3, 0.4) is 0 Å². The van der Waals surface area contributed by atoms with Gasteiger partial charge in [0.2, 0.25) is 0 Å². The molecule has 0 spiro atoms. The van der Waals surface area contributed by atoms with E-state index in [0.29, 0.717) is 11.4 Å². The Labute approximate surface area is 117 Å². The van der Waals surface area contributed by atoms with Crippen molar-refractivity contribution in [3.63, 3.8) is 0 Å². The fraction of sp³-hybridized carbons (Fsp3) is 0.133. The SMILES string of the molecule is CN1C(=O)COc2ccc(Nc3ccccc3N)cc21. The molecule has 1 aliphatic heterocycles. The number of hydrogen-bond donors (Lipinski definition) is 2. The molecule has 5 nitrogen and oxygen atoms in total. The van der Waals surface area contributed by atoms with E-state index in [9.17, 15) is 4.79 Å². The number of nitrogens with one attached hydrogen (secondary N) is 1. The molecule has 0 aromatic heterocycles. The van der Waals surface area contributed by atoms with E-state index in [1.54, 1.807) is 11.9 Å². The van der Waals surface area contributed by atoms with Gasteiger partial charge in [-0.3, -0.25) is 4.79 Å². The molecule has 0 atom stereocenters. The molecule has 0 radical (unpaired) electrons. The number of carbonyl (C=O) groups is 1. The van der Waals surface area contributed by atoms with Gasteiger partial charge in [0, 0.05) is 12.7 Å². The van der Waals surface area contributed by atoms with Crippen molar-refractivity contribution in [1.82, 2.24) is 0 Å². The van der Waals surface area contributed by atoms with E-state index >= 15 is 0 Å². The largest absolute Gasteiger partial charge is 0.482 e. The van der Waals surface area contributed by atoms with Crippen LogP contribution in [0, 0.1) is 0 Å². The van der Waals surface area contributed by atoms with E-state index in [0.717, 1.165) is 17.1 Å². The van der Waals surface area contributed by atoms with E-state index in [4.69, 9.17) is 10.5 Å². The molecular weight excluding hydrogens is 254 g/mol. The smallest absolute Gasteiger partial charge is 0.264 e. The predicted octanol–water partition coefficient (Wildman–Crippen LogP) is 2.37. The second kappa shape index (κ2) is 4.77. The van der Waals surface area contributed by atoms with Crippen molar-refractivity contribution in [3.05, 3.63) is 42.5 Å². The summed E-state index contributed by atoms with van der Waals surface area (Å²) in [7, 11) is 1.74. The Kier molecular flexibility index (Phi) is 2.95. The van der Waals surface area contributed by atoms with Gasteiger partial charge in [-0.2, -0.15) is 0 Å². The maximum atomic E-state index is 11.6. The lowest BCUT2D eigenvalue weighted by molar-refractivity contribution is -0.120. The summed E-state index contributed by atoms with van der Waals surface area (Å²) >= 11 is 0. The maximum absolute atomic E-state index is 11.6. The van der Waals surface area contributed by atoms with Crippen molar-refractivity contribution < 1.29 is 9.53 Å². The Bertz CT molecular complexity index is 670. The number of benzene rings is 2. The second-order valence-electron chi connectivity index (χ2n) is 4.64. The summed E-state index contributed by atoms with van der Waals surface area (Å²) in [5, 5.41) is 3.24. The quantitative estimate of drug-likeness (QED) is 0.821. The Morgan fingerprint density at radius 2 is 2.05 bits per heavy atom. The third-order valence-electron chi connectivity index (χ3n) is 3.29. The van der Waals surface area contributed by atoms with Crippen LogP contribution in [0.5, 0.6) is 5.75 Å². The average molecular weight is 269 g/mol. The van der Waals surface area contributed by atoms with Gasteiger partial charge >= 0.3 is 0 Å². The highest BCUT2D eigenvalue weighted by atomic mass is 16.5. The molecule has 0 bridgehead atoms. The summed E-state index contributed by atoms with van der Waals surface area (Å²) < 4.78 is 5.39. The zero-order valence-corrected chi connectivity index (χ0v) is 11.1. The van der Waals surface area contributed by atoms with E-state index < -0.39 is 0 Å². The van der Waals surface area contributed by atoms with Gasteiger partial charge in [-0.15, -0.1) is 0 Å². The Morgan fingerprint density at radius 1 is 1.25 bits per heavy atom. The monoisotopic (exact) mass is 269 g/mol. The fourth-order valence-electron chi connectivity index (χ4n) is 2.12. The van der Waals surface area contributed by atoms with Gasteiger partial charge in [-0.25, -0.2) is 0 Å². The number of nitrogen functional groups attached to an aromatic ring is 1. The number of nitrogens with two attached hydrogens (primary N) is 1. The first-order valence-electron chi connectivity index (χ1n) is 6.30. The summed E-state index contributed by atoms with van der Waals surface area (Å²) in [4.78, 5) is 13.2. The lowest BCUT2D eigenvalue weighted by Crippen LogP contribution is -2.35. The van der Waals surface area contributed by atoms with Crippen molar-refractivity contribution in [1.29, 1.82) is 0 Å². The van der Waals surface area contributed by atoms with Gasteiger partial charge in [0.05, 0.1) is 17.1 Å². The van der Waals surface area contributed by atoms with Crippen molar-refractivity contribution >= 4 is 28.7 Å². The summed E-state index contributed by atoms with van der Waals surface area (Å²) in [6.45, 7) is 0.0852. The minimum absolute atomic E-state index is 0.0612. The van der Waals surface area contributed by atoms with Crippen LogP contribution in [0.1, 0.15) is 0 Å². The van der Waals surface area contributed by atoms with Crippen LogP contribution < -0.4 is 20.7 Å². The molecule has 0 unspecified atom stereocenters. The van der Waals surface area contributed by atoms with Gasteiger partial charge < -0.3 is 20.7 Å². The summed E-state index contributed by atoms with van der Waals surface area (Å²) in [5.74, 6) is 0.646. The Morgan fingerprint density at radius 3 is 2.85 bits per heavy atom. The van der Waals surface area contributed by atoms with Crippen molar-refractivity contribution in [2.45, 2.75) is 0 Å². The predicted molar refractivity (Wildman–Crippen MR) is 79.5 cm³/mol. The molecule has 1 amide bonds. The number of likely N-dealkylation sites (N-methyl/N-ethyl adjacent to an activating group) is 1. The molecule has 102 valence electrons. The van der Waals surface area contributed by atoms with E-state index in [2.05, 4.69) is 5.32 Å². The summed E-state index contributed by atoms with van der Waals surface area (Å²) in [6, 6.07) is 13.1. The topological polar surface area (TPSA) is 67.6 Å². The molecule has 5 heteroatoms. The normalized spacial score (nSPS) is 13.7. The highest BCUT2D eigenvalue weighted by Crippen LogP contribution is 2.35. The van der Waals surface area contributed by atoms with Crippen LogP contribution in [0.4, 0.5) is 22.7 Å². The molecule has 1 heterocycles. The summed E-state index contributed by atoms with van der Waals surface area (Å²) in [6.07, 6.45) is 0. The fourth-order valence-corrected chi connectivity index (χ4v) is 2.12. The molecule has 2 aromatic carbocycles.